The standard InChI is InChI=1S/C12H18F3N3/c1-11(2)6-4-8(10(11)16-3)18-7-5-9(17-18)12(13,14)15/h5,7-8,10,16H,4,6H2,1-3H3. The summed E-state index contributed by atoms with van der Waals surface area (Å²) in [5.74, 6) is 0. The van der Waals surface area contributed by atoms with Crippen LogP contribution in [0.1, 0.15) is 38.4 Å². The second kappa shape index (κ2) is 4.26. The Bertz CT molecular complexity index is 422. The summed E-state index contributed by atoms with van der Waals surface area (Å²) < 4.78 is 39.0. The largest absolute Gasteiger partial charge is 0.435 e. The van der Waals surface area contributed by atoms with Crippen LogP contribution in [0.4, 0.5) is 13.2 Å². The van der Waals surface area contributed by atoms with Crippen LogP contribution >= 0.6 is 0 Å². The molecule has 0 amide bonds. The van der Waals surface area contributed by atoms with Crippen LogP contribution in [-0.4, -0.2) is 22.9 Å². The fourth-order valence-electron chi connectivity index (χ4n) is 2.90. The molecular formula is C12H18F3N3. The Kier molecular flexibility index (Phi) is 3.17. The topological polar surface area (TPSA) is 29.9 Å². The fraction of sp³-hybridized carbons (Fsp3) is 0.750. The summed E-state index contributed by atoms with van der Waals surface area (Å²) in [6, 6.07) is 1.16. The molecule has 18 heavy (non-hydrogen) atoms. The van der Waals surface area contributed by atoms with Gasteiger partial charge < -0.3 is 5.32 Å². The van der Waals surface area contributed by atoms with Crippen molar-refractivity contribution < 1.29 is 13.2 Å². The third kappa shape index (κ3) is 2.25. The molecule has 6 heteroatoms. The Balaban J connectivity index is 2.25. The maximum absolute atomic E-state index is 12.5. The summed E-state index contributed by atoms with van der Waals surface area (Å²) in [6.45, 7) is 4.25. The van der Waals surface area contributed by atoms with E-state index in [1.165, 1.54) is 10.9 Å². The number of halogens is 3. The van der Waals surface area contributed by atoms with Gasteiger partial charge in [-0.1, -0.05) is 13.8 Å². The first-order valence-electron chi connectivity index (χ1n) is 6.05. The van der Waals surface area contributed by atoms with E-state index in [9.17, 15) is 13.2 Å². The van der Waals surface area contributed by atoms with Crippen molar-refractivity contribution in [3.8, 4) is 0 Å². The predicted octanol–water partition coefficient (Wildman–Crippen LogP) is 2.85. The molecule has 1 fully saturated rings. The third-order valence-electron chi connectivity index (χ3n) is 3.86. The van der Waals surface area contributed by atoms with Crippen LogP contribution in [-0.2, 0) is 6.18 Å². The van der Waals surface area contributed by atoms with Crippen molar-refractivity contribution in [2.75, 3.05) is 7.05 Å². The van der Waals surface area contributed by atoms with Gasteiger partial charge in [0.25, 0.3) is 0 Å². The molecule has 1 aromatic rings. The van der Waals surface area contributed by atoms with Gasteiger partial charge in [-0.2, -0.15) is 18.3 Å². The van der Waals surface area contributed by atoms with E-state index in [-0.39, 0.29) is 17.5 Å². The number of nitrogens with zero attached hydrogens (tertiary/aromatic N) is 2. The van der Waals surface area contributed by atoms with Crippen LogP contribution in [0.5, 0.6) is 0 Å². The Hall–Kier alpha value is -1.04. The molecule has 0 radical (unpaired) electrons. The van der Waals surface area contributed by atoms with Crippen molar-refractivity contribution in [2.24, 2.45) is 5.41 Å². The summed E-state index contributed by atoms with van der Waals surface area (Å²) in [4.78, 5) is 0. The average molecular weight is 261 g/mol. The lowest BCUT2D eigenvalue weighted by molar-refractivity contribution is -0.141. The lowest BCUT2D eigenvalue weighted by atomic mass is 9.86. The molecule has 2 unspecified atom stereocenters. The van der Waals surface area contributed by atoms with Crippen LogP contribution in [0.2, 0.25) is 0 Å². The van der Waals surface area contributed by atoms with Gasteiger partial charge >= 0.3 is 6.18 Å². The first-order valence-corrected chi connectivity index (χ1v) is 6.05. The molecule has 0 bridgehead atoms. The van der Waals surface area contributed by atoms with Gasteiger partial charge in [0, 0.05) is 12.2 Å². The second-order valence-corrected chi connectivity index (χ2v) is 5.54. The molecule has 1 heterocycles. The molecule has 2 atom stereocenters. The van der Waals surface area contributed by atoms with Crippen molar-refractivity contribution in [1.82, 2.24) is 15.1 Å². The summed E-state index contributed by atoms with van der Waals surface area (Å²) in [7, 11) is 1.85. The number of nitrogens with one attached hydrogen (secondary N) is 1. The highest BCUT2D eigenvalue weighted by atomic mass is 19.4. The highest BCUT2D eigenvalue weighted by molar-refractivity contribution is 5.07. The Labute approximate surface area is 104 Å². The van der Waals surface area contributed by atoms with E-state index in [1.54, 1.807) is 0 Å². The number of hydrogen-bond acceptors (Lipinski definition) is 2. The molecule has 2 rings (SSSR count). The molecule has 1 aliphatic rings. The number of likely N-dealkylation sites (N-methyl/N-ethyl adjacent to an activating group) is 1. The highest BCUT2D eigenvalue weighted by Crippen LogP contribution is 2.43. The first-order chi connectivity index (χ1) is 8.25. The third-order valence-corrected chi connectivity index (χ3v) is 3.86. The molecule has 102 valence electrons. The SMILES string of the molecule is CNC1C(n2ccc(C(F)(F)F)n2)CCC1(C)C. The van der Waals surface area contributed by atoms with E-state index < -0.39 is 11.9 Å². The molecule has 1 N–H and O–H groups in total. The lowest BCUT2D eigenvalue weighted by Gasteiger charge is -2.30. The smallest absolute Gasteiger partial charge is 0.314 e. The van der Waals surface area contributed by atoms with Crippen LogP contribution in [0.15, 0.2) is 12.3 Å². The van der Waals surface area contributed by atoms with Gasteiger partial charge in [0.1, 0.15) is 0 Å². The van der Waals surface area contributed by atoms with E-state index in [0.717, 1.165) is 18.9 Å². The number of alkyl halides is 3. The molecule has 3 nitrogen and oxygen atoms in total. The minimum absolute atomic E-state index is 0.0129. The highest BCUT2D eigenvalue weighted by Gasteiger charge is 2.43. The Morgan fingerprint density at radius 3 is 2.61 bits per heavy atom. The van der Waals surface area contributed by atoms with Gasteiger partial charge in [-0.3, -0.25) is 4.68 Å². The molecule has 1 aromatic heterocycles. The number of rotatable bonds is 2. The summed E-state index contributed by atoms with van der Waals surface area (Å²) in [6.07, 6.45) is -1.12. The predicted molar refractivity (Wildman–Crippen MR) is 62.1 cm³/mol. The van der Waals surface area contributed by atoms with Gasteiger partial charge in [0.05, 0.1) is 6.04 Å². The number of hydrogen-bond donors (Lipinski definition) is 1. The normalized spacial score (nSPS) is 27.7. The van der Waals surface area contributed by atoms with Crippen molar-refractivity contribution in [3.05, 3.63) is 18.0 Å². The van der Waals surface area contributed by atoms with E-state index in [4.69, 9.17) is 0 Å². The monoisotopic (exact) mass is 261 g/mol. The van der Waals surface area contributed by atoms with Crippen LogP contribution in [0.25, 0.3) is 0 Å². The van der Waals surface area contributed by atoms with Crippen molar-refractivity contribution in [1.29, 1.82) is 0 Å². The van der Waals surface area contributed by atoms with Gasteiger partial charge in [-0.15, -0.1) is 0 Å². The van der Waals surface area contributed by atoms with Gasteiger partial charge in [0.15, 0.2) is 5.69 Å². The van der Waals surface area contributed by atoms with Gasteiger partial charge in [-0.25, -0.2) is 0 Å². The molecule has 0 aliphatic heterocycles. The Morgan fingerprint density at radius 2 is 2.11 bits per heavy atom. The maximum atomic E-state index is 12.5. The molecular weight excluding hydrogens is 243 g/mol. The lowest BCUT2D eigenvalue weighted by Crippen LogP contribution is -2.40. The van der Waals surface area contributed by atoms with Crippen molar-refractivity contribution in [2.45, 2.75) is 44.9 Å². The van der Waals surface area contributed by atoms with Crippen LogP contribution in [0.3, 0.4) is 0 Å². The van der Waals surface area contributed by atoms with Gasteiger partial charge in [0.2, 0.25) is 0 Å². The zero-order valence-electron chi connectivity index (χ0n) is 10.8. The first kappa shape index (κ1) is 13.4. The molecule has 0 aromatic carbocycles. The zero-order chi connectivity index (χ0) is 13.6. The number of aromatic nitrogens is 2. The van der Waals surface area contributed by atoms with Crippen molar-refractivity contribution in [3.63, 3.8) is 0 Å². The maximum Gasteiger partial charge on any atom is 0.435 e. The van der Waals surface area contributed by atoms with E-state index in [1.807, 2.05) is 7.05 Å². The average Bonchev–Trinajstić information content (AvgIpc) is 2.80. The van der Waals surface area contributed by atoms with Crippen molar-refractivity contribution >= 4 is 0 Å². The summed E-state index contributed by atoms with van der Waals surface area (Å²) in [5, 5.41) is 6.89. The summed E-state index contributed by atoms with van der Waals surface area (Å²) >= 11 is 0. The van der Waals surface area contributed by atoms with Gasteiger partial charge in [-0.05, 0) is 31.4 Å². The quantitative estimate of drug-likeness (QED) is 0.887. The summed E-state index contributed by atoms with van der Waals surface area (Å²) in [5.41, 5.74) is -0.744. The van der Waals surface area contributed by atoms with E-state index in [2.05, 4.69) is 24.3 Å². The molecule has 0 spiro atoms. The molecule has 1 saturated carbocycles. The fourth-order valence-corrected chi connectivity index (χ4v) is 2.90. The minimum Gasteiger partial charge on any atom is -0.314 e. The minimum atomic E-state index is -4.37. The van der Waals surface area contributed by atoms with E-state index in [0.29, 0.717) is 0 Å². The van der Waals surface area contributed by atoms with E-state index >= 15 is 0 Å². The van der Waals surface area contributed by atoms with Crippen LogP contribution in [0, 0.1) is 5.41 Å². The molecule has 0 saturated heterocycles. The Morgan fingerprint density at radius 1 is 1.44 bits per heavy atom. The molecule has 1 aliphatic carbocycles. The zero-order valence-corrected chi connectivity index (χ0v) is 10.8. The second-order valence-electron chi connectivity index (χ2n) is 5.54. The van der Waals surface area contributed by atoms with Crippen LogP contribution < -0.4 is 5.32 Å².